The van der Waals surface area contributed by atoms with E-state index in [1.807, 2.05) is 12.2 Å². The van der Waals surface area contributed by atoms with Crippen molar-refractivity contribution >= 4 is 23.9 Å². The van der Waals surface area contributed by atoms with Gasteiger partial charge in [-0.3, -0.25) is 14.4 Å². The summed E-state index contributed by atoms with van der Waals surface area (Å²) in [6, 6.07) is 0. The summed E-state index contributed by atoms with van der Waals surface area (Å²) >= 11 is 0. The van der Waals surface area contributed by atoms with Crippen LogP contribution in [-0.2, 0) is 42.9 Å². The molecule has 12 nitrogen and oxygen atoms in total. The van der Waals surface area contributed by atoms with Gasteiger partial charge in [0.25, 0.3) is 0 Å². The van der Waals surface area contributed by atoms with E-state index in [4.69, 9.17) is 23.7 Å². The van der Waals surface area contributed by atoms with E-state index in [0.29, 0.717) is 25.7 Å². The number of carbonyl (C=O) groups excluding carboxylic acids is 3. The van der Waals surface area contributed by atoms with E-state index in [0.717, 1.165) is 148 Å². The Morgan fingerprint density at radius 1 is 0.418 bits per heavy atom. The normalized spacial score (nSPS) is 18.8. The number of aliphatic carboxylic acids is 1. The van der Waals surface area contributed by atoms with Crippen LogP contribution >= 0.6 is 0 Å². The minimum Gasteiger partial charge on any atom is -0.479 e. The minimum atomic E-state index is -1.93. The number of unbranched alkanes of at least 4 members (excludes halogenated alkanes) is 13. The summed E-state index contributed by atoms with van der Waals surface area (Å²) in [6.07, 6.45) is 62.9. The first-order chi connectivity index (χ1) is 38.6. The van der Waals surface area contributed by atoms with Crippen molar-refractivity contribution in [1.29, 1.82) is 0 Å². The van der Waals surface area contributed by atoms with Gasteiger partial charge in [0, 0.05) is 19.3 Å². The van der Waals surface area contributed by atoms with Gasteiger partial charge in [-0.1, -0.05) is 212 Å². The van der Waals surface area contributed by atoms with Crippen LogP contribution in [0.4, 0.5) is 0 Å². The Morgan fingerprint density at radius 2 is 0.785 bits per heavy atom. The number of aliphatic hydroxyl groups excluding tert-OH is 2. The van der Waals surface area contributed by atoms with Crippen molar-refractivity contribution in [2.24, 2.45) is 0 Å². The molecule has 0 amide bonds. The molecule has 1 saturated heterocycles. The van der Waals surface area contributed by atoms with Crippen LogP contribution in [0.15, 0.2) is 134 Å². The van der Waals surface area contributed by atoms with Crippen LogP contribution < -0.4 is 0 Å². The van der Waals surface area contributed by atoms with Gasteiger partial charge in [-0.2, -0.15) is 0 Å². The highest BCUT2D eigenvalue weighted by molar-refractivity contribution is 5.74. The van der Waals surface area contributed by atoms with Gasteiger partial charge in [0.2, 0.25) is 0 Å². The second-order valence-electron chi connectivity index (χ2n) is 19.8. The third kappa shape index (κ3) is 43.4. The zero-order chi connectivity index (χ0) is 57.5. The Labute approximate surface area is 477 Å². The van der Waals surface area contributed by atoms with Crippen molar-refractivity contribution in [2.75, 3.05) is 13.2 Å². The Bertz CT molecular complexity index is 1880. The molecule has 1 heterocycles. The van der Waals surface area contributed by atoms with Crippen molar-refractivity contribution < 1.29 is 58.2 Å². The maximum atomic E-state index is 13.1. The highest BCUT2D eigenvalue weighted by Gasteiger charge is 2.50. The number of rotatable bonds is 49. The molecule has 6 unspecified atom stereocenters. The molecular weight excluding hydrogens is 997 g/mol. The van der Waals surface area contributed by atoms with Crippen molar-refractivity contribution in [3.63, 3.8) is 0 Å². The summed E-state index contributed by atoms with van der Waals surface area (Å²) in [6.45, 7) is 5.57. The topological polar surface area (TPSA) is 175 Å². The Balaban J connectivity index is 2.72. The molecule has 444 valence electrons. The number of hydrogen-bond donors (Lipinski definition) is 3. The predicted octanol–water partition coefficient (Wildman–Crippen LogP) is 15.8. The molecule has 12 heteroatoms. The average molecular weight is 1100 g/mol. The average Bonchev–Trinajstić information content (AvgIpc) is 3.46. The number of aliphatic hydroxyl groups is 2. The van der Waals surface area contributed by atoms with Crippen molar-refractivity contribution in [3.05, 3.63) is 134 Å². The maximum absolute atomic E-state index is 13.1. The van der Waals surface area contributed by atoms with Crippen molar-refractivity contribution in [3.8, 4) is 0 Å². The highest BCUT2D eigenvalue weighted by Crippen LogP contribution is 2.26. The van der Waals surface area contributed by atoms with Gasteiger partial charge in [-0.25, -0.2) is 4.79 Å². The largest absolute Gasteiger partial charge is 0.479 e. The Kier molecular flexibility index (Phi) is 48.7. The third-order valence-corrected chi connectivity index (χ3v) is 12.7. The van der Waals surface area contributed by atoms with Crippen LogP contribution in [0.2, 0.25) is 0 Å². The number of hydrogen-bond acceptors (Lipinski definition) is 11. The zero-order valence-corrected chi connectivity index (χ0v) is 48.8. The molecule has 0 aliphatic carbocycles. The molecule has 0 aromatic heterocycles. The Hall–Kier alpha value is -5.14. The number of carboxylic acids is 1. The number of carboxylic acid groups (broad SMARTS) is 1. The maximum Gasteiger partial charge on any atom is 0.335 e. The molecule has 0 spiro atoms. The van der Waals surface area contributed by atoms with Gasteiger partial charge in [0.05, 0.1) is 6.61 Å². The molecule has 79 heavy (non-hydrogen) atoms. The van der Waals surface area contributed by atoms with E-state index in [1.165, 1.54) is 0 Å². The fourth-order valence-corrected chi connectivity index (χ4v) is 8.21. The van der Waals surface area contributed by atoms with Gasteiger partial charge in [-0.15, -0.1) is 0 Å². The summed E-state index contributed by atoms with van der Waals surface area (Å²) in [5.41, 5.74) is 0. The van der Waals surface area contributed by atoms with Crippen LogP contribution in [0.3, 0.4) is 0 Å². The van der Waals surface area contributed by atoms with E-state index >= 15 is 0 Å². The quantitative estimate of drug-likeness (QED) is 0.0228. The van der Waals surface area contributed by atoms with Crippen LogP contribution in [-0.4, -0.2) is 89.2 Å². The lowest BCUT2D eigenvalue weighted by Crippen LogP contribution is -2.61. The standard InChI is InChI=1S/C67H104O12/c1-4-7-10-13-16-19-22-25-27-29-30-32-34-37-40-43-46-49-52-55-61(70)78-65-63(72)62(71)64(66(73)74)79-67(65)76-57-58(77-60(69)54-51-48-45-42-39-35-24-21-18-15-12-9-6-3)56-75-59(68)53-50-47-44-41-38-36-33-31-28-26-23-20-17-14-11-8-5-2/h7-12,16-21,25-28,30,32,35,39,45,48,58,62-65,67,71-72H,4-6,13-15,22-24,29,31,33-34,36-38,40-44,46-47,49-57H2,1-3H3,(H,73,74)/b10-7-,11-8-,12-9-,19-16-,20-17-,21-18-,27-25-,28-26-,32-30-,39-35-,48-45-. The number of carbonyl (C=O) groups is 4. The van der Waals surface area contributed by atoms with E-state index in [9.17, 15) is 34.5 Å². The Morgan fingerprint density at radius 3 is 1.20 bits per heavy atom. The van der Waals surface area contributed by atoms with Gasteiger partial charge in [0.15, 0.2) is 24.6 Å². The summed E-state index contributed by atoms with van der Waals surface area (Å²) in [4.78, 5) is 51.2. The molecule has 6 atom stereocenters. The first-order valence-corrected chi connectivity index (χ1v) is 30.2. The molecule has 1 fully saturated rings. The van der Waals surface area contributed by atoms with Crippen LogP contribution in [0, 0.1) is 0 Å². The van der Waals surface area contributed by atoms with Crippen LogP contribution in [0.1, 0.15) is 213 Å². The third-order valence-electron chi connectivity index (χ3n) is 12.7. The van der Waals surface area contributed by atoms with Crippen molar-refractivity contribution in [2.45, 2.75) is 250 Å². The molecular formula is C67H104O12. The second kappa shape index (κ2) is 53.5. The lowest BCUT2D eigenvalue weighted by Gasteiger charge is -2.40. The molecule has 1 aliphatic rings. The smallest absolute Gasteiger partial charge is 0.335 e. The molecule has 0 aromatic carbocycles. The summed E-state index contributed by atoms with van der Waals surface area (Å²) in [7, 11) is 0. The van der Waals surface area contributed by atoms with Crippen LogP contribution in [0.5, 0.6) is 0 Å². The summed E-state index contributed by atoms with van der Waals surface area (Å²) in [5, 5.41) is 31.5. The monoisotopic (exact) mass is 1100 g/mol. The minimum absolute atomic E-state index is 0.0278. The zero-order valence-electron chi connectivity index (χ0n) is 48.8. The number of esters is 3. The molecule has 0 bridgehead atoms. The molecule has 0 radical (unpaired) electrons. The summed E-state index contributed by atoms with van der Waals surface area (Å²) in [5.74, 6) is -3.28. The van der Waals surface area contributed by atoms with Crippen molar-refractivity contribution in [1.82, 2.24) is 0 Å². The molecule has 0 aromatic rings. The molecule has 0 saturated carbocycles. The molecule has 1 rings (SSSR count). The van der Waals surface area contributed by atoms with Gasteiger partial charge >= 0.3 is 23.9 Å². The first-order valence-electron chi connectivity index (χ1n) is 30.2. The van der Waals surface area contributed by atoms with E-state index in [1.54, 1.807) is 0 Å². The molecule has 1 aliphatic heterocycles. The van der Waals surface area contributed by atoms with E-state index in [-0.39, 0.29) is 25.9 Å². The van der Waals surface area contributed by atoms with Gasteiger partial charge in [0.1, 0.15) is 18.8 Å². The summed E-state index contributed by atoms with van der Waals surface area (Å²) < 4.78 is 28.3. The van der Waals surface area contributed by atoms with Gasteiger partial charge in [-0.05, 0) is 116 Å². The number of allylic oxidation sites excluding steroid dienone is 22. The van der Waals surface area contributed by atoms with E-state index < -0.39 is 67.3 Å². The fraction of sp³-hybridized carbons (Fsp3) is 0.612. The lowest BCUT2D eigenvalue weighted by molar-refractivity contribution is -0.301. The molecule has 3 N–H and O–H groups in total. The lowest BCUT2D eigenvalue weighted by atomic mass is 9.98. The fourth-order valence-electron chi connectivity index (χ4n) is 8.21. The predicted molar refractivity (Wildman–Crippen MR) is 321 cm³/mol. The van der Waals surface area contributed by atoms with E-state index in [2.05, 4.69) is 142 Å². The first kappa shape index (κ1) is 71.9. The second-order valence-corrected chi connectivity index (χ2v) is 19.8. The van der Waals surface area contributed by atoms with Gasteiger partial charge < -0.3 is 39.0 Å². The SMILES string of the molecule is CC/C=C\C/C=C\C/C=C\C/C=C\CCCCCCCCC(=O)OC1C(OCC(COC(=O)CCCCCCCCC/C=C\C/C=C\C/C=C\CC)OC(=O)CC/C=C\C/C=C\C/C=C\C/C=C\CC)OC(C(=O)O)C(O)C1O. The number of ether oxygens (including phenoxy) is 5. The van der Waals surface area contributed by atoms with Crippen LogP contribution in [0.25, 0.3) is 0 Å². The highest BCUT2D eigenvalue weighted by atomic mass is 16.7.